The number of hydrogen-bond acceptors (Lipinski definition) is 4. The normalized spacial score (nSPS) is 10.4. The van der Waals surface area contributed by atoms with Gasteiger partial charge in [-0.1, -0.05) is 13.8 Å². The SMILES string of the molecule is CCNC(=O)c1ccc(NC(CC)CC)nn1. The smallest absolute Gasteiger partial charge is 0.271 e. The van der Waals surface area contributed by atoms with Crippen LogP contribution in [0.2, 0.25) is 0 Å². The number of amides is 1. The number of rotatable bonds is 6. The summed E-state index contributed by atoms with van der Waals surface area (Å²) in [5.74, 6) is 0.529. The van der Waals surface area contributed by atoms with Crippen LogP contribution in [0.3, 0.4) is 0 Å². The van der Waals surface area contributed by atoms with E-state index in [0.29, 0.717) is 24.1 Å². The van der Waals surface area contributed by atoms with Crippen LogP contribution in [0.1, 0.15) is 44.1 Å². The van der Waals surface area contributed by atoms with Crippen LogP contribution in [0, 0.1) is 0 Å². The van der Waals surface area contributed by atoms with Gasteiger partial charge in [0, 0.05) is 12.6 Å². The van der Waals surface area contributed by atoms with Gasteiger partial charge >= 0.3 is 0 Å². The van der Waals surface area contributed by atoms with Crippen LogP contribution in [-0.2, 0) is 0 Å². The molecule has 0 fully saturated rings. The first kappa shape index (κ1) is 13.4. The van der Waals surface area contributed by atoms with Crippen molar-refractivity contribution in [3.05, 3.63) is 17.8 Å². The molecule has 2 N–H and O–H groups in total. The standard InChI is InChI=1S/C12H20N4O/c1-4-9(5-2)14-11-8-7-10(15-16-11)12(17)13-6-3/h7-9H,4-6H2,1-3H3,(H,13,17)(H,14,16). The number of anilines is 1. The van der Waals surface area contributed by atoms with E-state index in [2.05, 4.69) is 34.7 Å². The van der Waals surface area contributed by atoms with Crippen LogP contribution in [0.25, 0.3) is 0 Å². The monoisotopic (exact) mass is 236 g/mol. The largest absolute Gasteiger partial charge is 0.366 e. The third-order valence-corrected chi connectivity index (χ3v) is 2.57. The maximum atomic E-state index is 11.5. The van der Waals surface area contributed by atoms with Crippen LogP contribution < -0.4 is 10.6 Å². The zero-order valence-corrected chi connectivity index (χ0v) is 10.7. The fourth-order valence-electron chi connectivity index (χ4n) is 1.48. The molecule has 0 aliphatic carbocycles. The van der Waals surface area contributed by atoms with Gasteiger partial charge < -0.3 is 10.6 Å². The summed E-state index contributed by atoms with van der Waals surface area (Å²) in [4.78, 5) is 11.5. The van der Waals surface area contributed by atoms with E-state index in [1.54, 1.807) is 12.1 Å². The molecule has 0 atom stereocenters. The summed E-state index contributed by atoms with van der Waals surface area (Å²) in [6.45, 7) is 6.71. The van der Waals surface area contributed by atoms with Gasteiger partial charge in [0.25, 0.3) is 5.91 Å². The third kappa shape index (κ3) is 4.01. The molecule has 5 nitrogen and oxygen atoms in total. The number of nitrogens with zero attached hydrogens (tertiary/aromatic N) is 2. The van der Waals surface area contributed by atoms with Gasteiger partial charge in [-0.2, -0.15) is 0 Å². The second-order valence-corrected chi connectivity index (χ2v) is 3.82. The second kappa shape index (κ2) is 6.83. The molecule has 0 bridgehead atoms. The van der Waals surface area contributed by atoms with Gasteiger partial charge in [-0.15, -0.1) is 10.2 Å². The topological polar surface area (TPSA) is 66.9 Å². The van der Waals surface area contributed by atoms with Gasteiger partial charge in [-0.25, -0.2) is 0 Å². The fourth-order valence-corrected chi connectivity index (χ4v) is 1.48. The molecule has 1 heterocycles. The summed E-state index contributed by atoms with van der Waals surface area (Å²) >= 11 is 0. The Morgan fingerprint density at radius 1 is 1.24 bits per heavy atom. The van der Waals surface area contributed by atoms with Crippen molar-refractivity contribution >= 4 is 11.7 Å². The first-order chi connectivity index (χ1) is 8.21. The minimum atomic E-state index is -0.186. The molecule has 0 unspecified atom stereocenters. The molecule has 94 valence electrons. The van der Waals surface area contributed by atoms with Crippen molar-refractivity contribution in [1.82, 2.24) is 15.5 Å². The van der Waals surface area contributed by atoms with E-state index in [1.807, 2.05) is 6.92 Å². The summed E-state index contributed by atoms with van der Waals surface area (Å²) < 4.78 is 0. The van der Waals surface area contributed by atoms with Gasteiger partial charge in [0.2, 0.25) is 0 Å². The second-order valence-electron chi connectivity index (χ2n) is 3.82. The van der Waals surface area contributed by atoms with E-state index in [0.717, 1.165) is 12.8 Å². The maximum Gasteiger partial charge on any atom is 0.271 e. The lowest BCUT2D eigenvalue weighted by Crippen LogP contribution is -2.24. The summed E-state index contributed by atoms with van der Waals surface area (Å²) in [6.07, 6.45) is 2.08. The molecular weight excluding hydrogens is 216 g/mol. The summed E-state index contributed by atoms with van der Waals surface area (Å²) in [7, 11) is 0. The quantitative estimate of drug-likeness (QED) is 0.790. The highest BCUT2D eigenvalue weighted by atomic mass is 16.1. The van der Waals surface area contributed by atoms with Crippen LogP contribution in [0.15, 0.2) is 12.1 Å². The molecule has 0 spiro atoms. The lowest BCUT2D eigenvalue weighted by atomic mass is 10.2. The van der Waals surface area contributed by atoms with Crippen molar-refractivity contribution in [2.24, 2.45) is 0 Å². The lowest BCUT2D eigenvalue weighted by Gasteiger charge is -2.14. The van der Waals surface area contributed by atoms with Crippen molar-refractivity contribution in [2.75, 3.05) is 11.9 Å². The number of nitrogens with one attached hydrogen (secondary N) is 2. The van der Waals surface area contributed by atoms with E-state index in [1.165, 1.54) is 0 Å². The highest BCUT2D eigenvalue weighted by molar-refractivity contribution is 5.92. The minimum Gasteiger partial charge on any atom is -0.366 e. The van der Waals surface area contributed by atoms with E-state index < -0.39 is 0 Å². The number of hydrogen-bond donors (Lipinski definition) is 2. The van der Waals surface area contributed by atoms with E-state index >= 15 is 0 Å². The summed E-state index contributed by atoms with van der Waals surface area (Å²) in [5, 5.41) is 13.8. The molecule has 1 rings (SSSR count). The summed E-state index contributed by atoms with van der Waals surface area (Å²) in [5.41, 5.74) is 0.349. The molecule has 0 aliphatic heterocycles. The highest BCUT2D eigenvalue weighted by Crippen LogP contribution is 2.08. The van der Waals surface area contributed by atoms with Crippen molar-refractivity contribution in [2.45, 2.75) is 39.7 Å². The Morgan fingerprint density at radius 2 is 1.94 bits per heavy atom. The minimum absolute atomic E-state index is 0.186. The highest BCUT2D eigenvalue weighted by Gasteiger charge is 2.08. The Morgan fingerprint density at radius 3 is 2.41 bits per heavy atom. The van der Waals surface area contributed by atoms with Crippen molar-refractivity contribution in [1.29, 1.82) is 0 Å². The van der Waals surface area contributed by atoms with Crippen LogP contribution >= 0.6 is 0 Å². The molecular formula is C12H20N4O. The molecule has 0 aromatic carbocycles. The van der Waals surface area contributed by atoms with Crippen molar-refractivity contribution in [3.8, 4) is 0 Å². The zero-order valence-electron chi connectivity index (χ0n) is 10.7. The summed E-state index contributed by atoms with van der Waals surface area (Å²) in [6, 6.07) is 3.87. The average molecular weight is 236 g/mol. The van der Waals surface area contributed by atoms with E-state index in [9.17, 15) is 4.79 Å². The van der Waals surface area contributed by atoms with Crippen LogP contribution in [0.5, 0.6) is 0 Å². The fraction of sp³-hybridized carbons (Fsp3) is 0.583. The Hall–Kier alpha value is -1.65. The zero-order chi connectivity index (χ0) is 12.7. The third-order valence-electron chi connectivity index (χ3n) is 2.57. The molecule has 5 heteroatoms. The van der Waals surface area contributed by atoms with Crippen molar-refractivity contribution < 1.29 is 4.79 Å². The Labute approximate surface area is 102 Å². The first-order valence-corrected chi connectivity index (χ1v) is 6.09. The van der Waals surface area contributed by atoms with Crippen LogP contribution in [0.4, 0.5) is 5.82 Å². The first-order valence-electron chi connectivity index (χ1n) is 6.09. The number of carbonyl (C=O) groups is 1. The molecule has 0 aliphatic rings. The van der Waals surface area contributed by atoms with Gasteiger partial charge in [0.1, 0.15) is 5.82 Å². The molecule has 0 saturated heterocycles. The molecule has 0 radical (unpaired) electrons. The molecule has 1 aromatic heterocycles. The average Bonchev–Trinajstić information content (AvgIpc) is 2.37. The Balaban J connectivity index is 2.64. The molecule has 0 saturated carbocycles. The maximum absolute atomic E-state index is 11.5. The van der Waals surface area contributed by atoms with Crippen molar-refractivity contribution in [3.63, 3.8) is 0 Å². The van der Waals surface area contributed by atoms with E-state index in [-0.39, 0.29) is 5.91 Å². The predicted octanol–water partition coefficient (Wildman–Crippen LogP) is 1.83. The van der Waals surface area contributed by atoms with E-state index in [4.69, 9.17) is 0 Å². The van der Waals surface area contributed by atoms with Gasteiger partial charge in [-0.05, 0) is 31.9 Å². The van der Waals surface area contributed by atoms with Gasteiger partial charge in [-0.3, -0.25) is 4.79 Å². The predicted molar refractivity (Wildman–Crippen MR) is 68.0 cm³/mol. The Bertz CT molecular complexity index is 346. The molecule has 17 heavy (non-hydrogen) atoms. The Kier molecular flexibility index (Phi) is 5.39. The van der Waals surface area contributed by atoms with Gasteiger partial charge in [0.05, 0.1) is 0 Å². The molecule has 1 amide bonds. The van der Waals surface area contributed by atoms with Crippen LogP contribution in [-0.4, -0.2) is 28.7 Å². The number of carbonyl (C=O) groups excluding carboxylic acids is 1. The molecule has 1 aromatic rings. The van der Waals surface area contributed by atoms with Gasteiger partial charge in [0.15, 0.2) is 5.69 Å². The number of aromatic nitrogens is 2. The lowest BCUT2D eigenvalue weighted by molar-refractivity contribution is 0.0950.